The van der Waals surface area contributed by atoms with Crippen LogP contribution < -0.4 is 0 Å². The van der Waals surface area contributed by atoms with Gasteiger partial charge in [0.05, 0.1) is 11.6 Å². The number of hydrogen-bond acceptors (Lipinski definition) is 4. The van der Waals surface area contributed by atoms with Crippen LogP contribution in [0.3, 0.4) is 0 Å². The minimum absolute atomic E-state index is 0.0791. The first-order chi connectivity index (χ1) is 12.3. The van der Waals surface area contributed by atoms with E-state index in [2.05, 4.69) is 15.2 Å². The van der Waals surface area contributed by atoms with Crippen LogP contribution in [0.4, 0.5) is 0 Å². The fourth-order valence-electron chi connectivity index (χ4n) is 2.63. The van der Waals surface area contributed by atoms with Crippen molar-refractivity contribution < 1.29 is 9.90 Å². The Morgan fingerprint density at radius 1 is 1.08 bits per heavy atom. The Labute approximate surface area is 152 Å². The maximum Gasteiger partial charge on any atom is 0.335 e. The van der Waals surface area contributed by atoms with Crippen molar-refractivity contribution in [2.24, 2.45) is 0 Å². The van der Waals surface area contributed by atoms with Gasteiger partial charge in [-0.05, 0) is 57.3 Å². The normalized spacial score (nSPS) is 12.3. The van der Waals surface area contributed by atoms with Gasteiger partial charge in [-0.3, -0.25) is 10.00 Å². The number of carboxylic acids is 1. The third kappa shape index (κ3) is 3.65. The molecule has 0 aliphatic heterocycles. The van der Waals surface area contributed by atoms with Crippen LogP contribution in [-0.2, 0) is 0 Å². The molecule has 6 nitrogen and oxygen atoms in total. The number of carboxylic acid groups (broad SMARTS) is 1. The summed E-state index contributed by atoms with van der Waals surface area (Å²) >= 11 is 0. The molecule has 1 heterocycles. The maximum absolute atomic E-state index is 11.6. The van der Waals surface area contributed by atoms with Crippen molar-refractivity contribution >= 4 is 5.97 Å². The molecule has 1 unspecified atom stereocenters. The summed E-state index contributed by atoms with van der Waals surface area (Å²) in [5.74, 6) is 0.255. The highest BCUT2D eigenvalue weighted by atomic mass is 16.4. The smallest absolute Gasteiger partial charge is 0.335 e. The zero-order valence-corrected chi connectivity index (χ0v) is 15.3. The van der Waals surface area contributed by atoms with E-state index in [1.807, 2.05) is 63.2 Å². The number of nitrogens with zero attached hydrogens (tertiary/aromatic N) is 3. The monoisotopic (exact) mass is 350 g/mol. The summed E-state index contributed by atoms with van der Waals surface area (Å²) in [5.41, 5.74) is 3.82. The Kier molecular flexibility index (Phi) is 4.86. The van der Waals surface area contributed by atoms with Crippen molar-refractivity contribution in [2.75, 3.05) is 14.1 Å². The van der Waals surface area contributed by atoms with Gasteiger partial charge < -0.3 is 5.11 Å². The van der Waals surface area contributed by atoms with Gasteiger partial charge in [0.1, 0.15) is 5.82 Å². The molecule has 3 rings (SSSR count). The average Bonchev–Trinajstić information content (AvgIpc) is 3.11. The van der Waals surface area contributed by atoms with E-state index in [9.17, 15) is 9.90 Å². The van der Waals surface area contributed by atoms with E-state index in [0.29, 0.717) is 11.4 Å². The highest BCUT2D eigenvalue weighted by Gasteiger charge is 2.16. The Morgan fingerprint density at radius 2 is 1.73 bits per heavy atom. The molecule has 1 atom stereocenters. The van der Waals surface area contributed by atoms with Crippen LogP contribution in [0, 0.1) is 6.92 Å². The number of carbonyl (C=O) groups is 1. The first kappa shape index (κ1) is 17.8. The Hall–Kier alpha value is -2.99. The Bertz CT molecular complexity index is 929. The predicted molar refractivity (Wildman–Crippen MR) is 101 cm³/mol. The van der Waals surface area contributed by atoms with Crippen LogP contribution in [0.25, 0.3) is 22.5 Å². The topological polar surface area (TPSA) is 82.1 Å². The number of rotatable bonds is 5. The molecule has 0 aliphatic rings. The molecule has 0 saturated heterocycles. The number of aryl methyl sites for hydroxylation is 1. The molecular formula is C20H22N4O2. The minimum Gasteiger partial charge on any atom is -0.478 e. The first-order valence-electron chi connectivity index (χ1n) is 8.39. The van der Waals surface area contributed by atoms with Crippen molar-refractivity contribution in [3.05, 3.63) is 59.4 Å². The lowest BCUT2D eigenvalue weighted by Crippen LogP contribution is -2.17. The van der Waals surface area contributed by atoms with Gasteiger partial charge in [0.2, 0.25) is 0 Å². The van der Waals surface area contributed by atoms with Gasteiger partial charge >= 0.3 is 5.97 Å². The number of H-pyrrole nitrogens is 1. The van der Waals surface area contributed by atoms with Gasteiger partial charge in [-0.1, -0.05) is 29.8 Å². The fraction of sp³-hybridized carbons (Fsp3) is 0.250. The number of aromatic carboxylic acids is 1. The van der Waals surface area contributed by atoms with Gasteiger partial charge in [-0.2, -0.15) is 5.10 Å². The molecule has 0 saturated carbocycles. The second-order valence-corrected chi connectivity index (χ2v) is 6.65. The zero-order chi connectivity index (χ0) is 18.8. The average molecular weight is 350 g/mol. The number of hydrogen-bond donors (Lipinski definition) is 2. The Morgan fingerprint density at radius 3 is 2.35 bits per heavy atom. The van der Waals surface area contributed by atoms with E-state index in [4.69, 9.17) is 0 Å². The molecular weight excluding hydrogens is 328 g/mol. The zero-order valence-electron chi connectivity index (χ0n) is 15.3. The van der Waals surface area contributed by atoms with E-state index in [0.717, 1.165) is 22.5 Å². The third-order valence-electron chi connectivity index (χ3n) is 4.50. The van der Waals surface area contributed by atoms with Crippen molar-refractivity contribution in [3.8, 4) is 22.5 Å². The summed E-state index contributed by atoms with van der Waals surface area (Å²) in [6, 6.07) is 13.3. The van der Waals surface area contributed by atoms with Crippen molar-refractivity contribution in [1.29, 1.82) is 0 Å². The van der Waals surface area contributed by atoms with Gasteiger partial charge in [0.25, 0.3) is 0 Å². The molecule has 0 radical (unpaired) electrons. The quantitative estimate of drug-likeness (QED) is 0.732. The van der Waals surface area contributed by atoms with Crippen LogP contribution in [-0.4, -0.2) is 45.3 Å². The minimum atomic E-state index is -0.974. The summed E-state index contributed by atoms with van der Waals surface area (Å²) in [4.78, 5) is 18.1. The molecule has 26 heavy (non-hydrogen) atoms. The van der Waals surface area contributed by atoms with Gasteiger partial charge in [-0.15, -0.1) is 0 Å². The van der Waals surface area contributed by atoms with Crippen LogP contribution in [0.15, 0.2) is 42.5 Å². The van der Waals surface area contributed by atoms with Crippen LogP contribution >= 0.6 is 0 Å². The lowest BCUT2D eigenvalue weighted by Gasteiger charge is -2.16. The van der Waals surface area contributed by atoms with E-state index in [-0.39, 0.29) is 11.6 Å². The van der Waals surface area contributed by atoms with Crippen LogP contribution in [0.2, 0.25) is 0 Å². The molecule has 0 aliphatic carbocycles. The van der Waals surface area contributed by atoms with Crippen molar-refractivity contribution in [1.82, 2.24) is 20.1 Å². The third-order valence-corrected chi connectivity index (χ3v) is 4.50. The molecule has 0 amide bonds. The summed E-state index contributed by atoms with van der Waals surface area (Å²) in [6.45, 7) is 4.04. The standard InChI is InChI=1S/C20H22N4O2/c1-12-5-7-14(8-6-12)15-9-16(11-17(10-15)20(25)26)19-21-18(22-23-19)13(2)24(3)4/h5-11,13H,1-4H3,(H,25,26)(H,21,22,23). The number of aromatic nitrogens is 3. The van der Waals surface area contributed by atoms with E-state index >= 15 is 0 Å². The van der Waals surface area contributed by atoms with Crippen molar-refractivity contribution in [3.63, 3.8) is 0 Å². The number of nitrogens with one attached hydrogen (secondary N) is 1. The summed E-state index contributed by atoms with van der Waals surface area (Å²) in [5, 5.41) is 16.7. The maximum atomic E-state index is 11.6. The molecule has 134 valence electrons. The first-order valence-corrected chi connectivity index (χ1v) is 8.39. The van der Waals surface area contributed by atoms with Crippen molar-refractivity contribution in [2.45, 2.75) is 19.9 Å². The van der Waals surface area contributed by atoms with Crippen LogP contribution in [0.1, 0.15) is 34.7 Å². The summed E-state index contributed by atoms with van der Waals surface area (Å²) in [6.07, 6.45) is 0. The molecule has 0 spiro atoms. The van der Waals surface area contributed by atoms with E-state index in [1.165, 1.54) is 0 Å². The SMILES string of the molecule is Cc1ccc(-c2cc(C(=O)O)cc(-c3n[nH]c(C(C)N(C)C)n3)c2)cc1. The largest absolute Gasteiger partial charge is 0.478 e. The van der Waals surface area contributed by atoms with E-state index < -0.39 is 5.97 Å². The highest BCUT2D eigenvalue weighted by Crippen LogP contribution is 2.28. The number of aromatic amines is 1. The number of benzene rings is 2. The molecule has 0 fully saturated rings. The van der Waals surface area contributed by atoms with Gasteiger partial charge in [0.15, 0.2) is 5.82 Å². The summed E-state index contributed by atoms with van der Waals surface area (Å²) < 4.78 is 0. The molecule has 6 heteroatoms. The predicted octanol–water partition coefficient (Wildman–Crippen LogP) is 3.77. The fourth-order valence-corrected chi connectivity index (χ4v) is 2.63. The lowest BCUT2D eigenvalue weighted by molar-refractivity contribution is 0.0697. The van der Waals surface area contributed by atoms with E-state index in [1.54, 1.807) is 12.1 Å². The second-order valence-electron chi connectivity index (χ2n) is 6.65. The highest BCUT2D eigenvalue weighted by molar-refractivity contribution is 5.91. The molecule has 0 bridgehead atoms. The molecule has 2 aromatic carbocycles. The molecule has 3 aromatic rings. The van der Waals surface area contributed by atoms with Gasteiger partial charge in [0, 0.05) is 5.56 Å². The molecule has 2 N–H and O–H groups in total. The van der Waals surface area contributed by atoms with Gasteiger partial charge in [-0.25, -0.2) is 9.78 Å². The second kappa shape index (κ2) is 7.09. The Balaban J connectivity index is 2.07. The summed E-state index contributed by atoms with van der Waals surface area (Å²) in [7, 11) is 3.93. The molecule has 1 aromatic heterocycles. The lowest BCUT2D eigenvalue weighted by atomic mass is 9.98. The van der Waals surface area contributed by atoms with Crippen LogP contribution in [0.5, 0.6) is 0 Å².